The number of amides is 2. The molecule has 7 nitrogen and oxygen atoms in total. The van der Waals surface area contributed by atoms with Gasteiger partial charge < -0.3 is 15.5 Å². The number of hydrogen-bond donors (Lipinski definition) is 2. The van der Waals surface area contributed by atoms with Gasteiger partial charge in [0.15, 0.2) is 0 Å². The first-order valence-corrected chi connectivity index (χ1v) is 12.0. The molecule has 1 aromatic carbocycles. The third-order valence-corrected chi connectivity index (χ3v) is 6.56. The molecule has 1 fully saturated rings. The molecule has 37 heavy (non-hydrogen) atoms. The fraction of sp³-hybridized carbons (Fsp3) is 0.280. The van der Waals surface area contributed by atoms with Crippen molar-refractivity contribution in [3.8, 4) is 0 Å². The van der Waals surface area contributed by atoms with Crippen LogP contribution in [-0.2, 0) is 16.8 Å². The maximum atomic E-state index is 14.5. The van der Waals surface area contributed by atoms with E-state index >= 15 is 0 Å². The standard InChI is InChI=1S/C25H22Cl2F3N5O2/c1-15(36)33-22-20(23(37)32-13-19-4-2-3-8-31-19)5-6-21(34-22)35-9-7-24(14-35,25(28,29)30)16-10-17(26)12-18(27)11-16/h2-6,8,10-12H,7,9,13-14H2,1H3,(H,32,37)(H,33,34,36). The zero-order chi connectivity index (χ0) is 26.8. The quantitative estimate of drug-likeness (QED) is 0.429. The van der Waals surface area contributed by atoms with Crippen LogP contribution in [0.4, 0.5) is 24.8 Å². The number of carbonyl (C=O) groups excluding carboxylic acids is 2. The zero-order valence-electron chi connectivity index (χ0n) is 19.6. The van der Waals surface area contributed by atoms with Crippen LogP contribution in [0.5, 0.6) is 0 Å². The van der Waals surface area contributed by atoms with Gasteiger partial charge in [0.25, 0.3) is 5.91 Å². The van der Waals surface area contributed by atoms with Gasteiger partial charge >= 0.3 is 6.18 Å². The Kier molecular flexibility index (Phi) is 7.61. The summed E-state index contributed by atoms with van der Waals surface area (Å²) < 4.78 is 43.4. The number of halogens is 5. The number of hydrogen-bond acceptors (Lipinski definition) is 5. The Balaban J connectivity index is 1.62. The molecule has 3 aromatic rings. The van der Waals surface area contributed by atoms with E-state index in [0.29, 0.717) is 5.69 Å². The van der Waals surface area contributed by atoms with Gasteiger partial charge in [0, 0.05) is 36.3 Å². The van der Waals surface area contributed by atoms with Crippen molar-refractivity contribution in [2.75, 3.05) is 23.3 Å². The van der Waals surface area contributed by atoms with Crippen LogP contribution in [0.15, 0.2) is 54.7 Å². The van der Waals surface area contributed by atoms with Crippen LogP contribution in [-0.4, -0.2) is 41.0 Å². The van der Waals surface area contributed by atoms with Crippen molar-refractivity contribution in [2.24, 2.45) is 0 Å². The molecule has 0 aliphatic carbocycles. The number of nitrogens with zero attached hydrogens (tertiary/aromatic N) is 3. The Bertz CT molecular complexity index is 1300. The molecular formula is C25H22Cl2F3N5O2. The minimum absolute atomic E-state index is 0.0291. The Hall–Kier alpha value is -3.37. The van der Waals surface area contributed by atoms with E-state index in [0.717, 1.165) is 0 Å². The summed E-state index contributed by atoms with van der Waals surface area (Å²) in [6, 6.07) is 12.1. The minimum atomic E-state index is -4.60. The first-order valence-electron chi connectivity index (χ1n) is 11.2. The van der Waals surface area contributed by atoms with Gasteiger partial charge in [0.2, 0.25) is 5.91 Å². The van der Waals surface area contributed by atoms with E-state index in [2.05, 4.69) is 20.6 Å². The van der Waals surface area contributed by atoms with Crippen molar-refractivity contribution in [3.63, 3.8) is 0 Å². The number of alkyl halides is 3. The van der Waals surface area contributed by atoms with E-state index in [9.17, 15) is 22.8 Å². The van der Waals surface area contributed by atoms with Crippen LogP contribution in [0, 0.1) is 0 Å². The number of rotatable bonds is 6. The highest BCUT2D eigenvalue weighted by atomic mass is 35.5. The smallest absolute Gasteiger partial charge is 0.355 e. The van der Waals surface area contributed by atoms with Crippen LogP contribution >= 0.6 is 23.2 Å². The first-order chi connectivity index (χ1) is 17.5. The van der Waals surface area contributed by atoms with Crippen molar-refractivity contribution >= 4 is 46.7 Å². The van der Waals surface area contributed by atoms with Gasteiger partial charge in [-0.25, -0.2) is 4.98 Å². The molecule has 1 aliphatic heterocycles. The fourth-order valence-corrected chi connectivity index (χ4v) is 4.83. The fourth-order valence-electron chi connectivity index (χ4n) is 4.31. The first kappa shape index (κ1) is 26.7. The molecule has 4 rings (SSSR count). The lowest BCUT2D eigenvalue weighted by atomic mass is 9.79. The lowest BCUT2D eigenvalue weighted by Crippen LogP contribution is -2.45. The van der Waals surface area contributed by atoms with Crippen LogP contribution in [0.25, 0.3) is 0 Å². The Labute approximate surface area is 221 Å². The molecule has 0 saturated carbocycles. The second-order valence-electron chi connectivity index (χ2n) is 8.66. The molecule has 0 spiro atoms. The maximum absolute atomic E-state index is 14.5. The number of nitrogens with one attached hydrogen (secondary N) is 2. The Morgan fingerprint density at radius 2 is 1.84 bits per heavy atom. The van der Waals surface area contributed by atoms with Gasteiger partial charge in [0.05, 0.1) is 17.8 Å². The highest BCUT2D eigenvalue weighted by Gasteiger charge is 2.59. The molecule has 194 valence electrons. The van der Waals surface area contributed by atoms with Crippen molar-refractivity contribution in [2.45, 2.75) is 31.5 Å². The van der Waals surface area contributed by atoms with Crippen molar-refractivity contribution in [1.29, 1.82) is 0 Å². The third-order valence-electron chi connectivity index (χ3n) is 6.13. The van der Waals surface area contributed by atoms with E-state index in [1.165, 1.54) is 42.2 Å². The van der Waals surface area contributed by atoms with Crippen LogP contribution in [0.2, 0.25) is 10.0 Å². The Morgan fingerprint density at radius 1 is 1.11 bits per heavy atom. The van der Waals surface area contributed by atoms with E-state index in [-0.39, 0.29) is 52.3 Å². The van der Waals surface area contributed by atoms with Crippen molar-refractivity contribution < 1.29 is 22.8 Å². The number of aromatic nitrogens is 2. The predicted octanol–water partition coefficient (Wildman–Crippen LogP) is 5.38. The number of pyridine rings is 2. The molecule has 1 aliphatic rings. The van der Waals surface area contributed by atoms with Crippen molar-refractivity contribution in [1.82, 2.24) is 15.3 Å². The molecule has 0 bridgehead atoms. The summed E-state index contributed by atoms with van der Waals surface area (Å²) in [6.45, 7) is 0.979. The minimum Gasteiger partial charge on any atom is -0.355 e. The van der Waals surface area contributed by atoms with E-state index in [1.54, 1.807) is 24.4 Å². The van der Waals surface area contributed by atoms with Crippen LogP contribution in [0.3, 0.4) is 0 Å². The molecule has 1 saturated heterocycles. The second kappa shape index (κ2) is 10.5. The summed E-state index contributed by atoms with van der Waals surface area (Å²) >= 11 is 12.0. The van der Waals surface area contributed by atoms with E-state index < -0.39 is 30.0 Å². The summed E-state index contributed by atoms with van der Waals surface area (Å²) in [6.07, 6.45) is -3.26. The summed E-state index contributed by atoms with van der Waals surface area (Å²) in [5.74, 6) is -0.876. The second-order valence-corrected chi connectivity index (χ2v) is 9.53. The van der Waals surface area contributed by atoms with Crippen molar-refractivity contribution in [3.05, 3.63) is 81.6 Å². The van der Waals surface area contributed by atoms with Gasteiger partial charge in [-0.2, -0.15) is 13.2 Å². The lowest BCUT2D eigenvalue weighted by Gasteiger charge is -2.33. The topological polar surface area (TPSA) is 87.2 Å². The zero-order valence-corrected chi connectivity index (χ0v) is 21.1. The monoisotopic (exact) mass is 551 g/mol. The van der Waals surface area contributed by atoms with E-state index in [4.69, 9.17) is 23.2 Å². The van der Waals surface area contributed by atoms with Gasteiger partial charge in [-0.1, -0.05) is 29.3 Å². The van der Waals surface area contributed by atoms with Gasteiger partial charge in [-0.3, -0.25) is 14.6 Å². The summed E-state index contributed by atoms with van der Waals surface area (Å²) in [7, 11) is 0. The molecule has 12 heteroatoms. The summed E-state index contributed by atoms with van der Waals surface area (Å²) in [4.78, 5) is 34.6. The SMILES string of the molecule is CC(=O)Nc1nc(N2CCC(c3cc(Cl)cc(Cl)c3)(C(F)(F)F)C2)ccc1C(=O)NCc1ccccn1. The average molecular weight is 552 g/mol. The average Bonchev–Trinajstić information content (AvgIpc) is 3.29. The predicted molar refractivity (Wildman–Crippen MR) is 135 cm³/mol. The highest BCUT2D eigenvalue weighted by Crippen LogP contribution is 2.49. The molecule has 0 radical (unpaired) electrons. The maximum Gasteiger partial charge on any atom is 0.400 e. The number of carbonyl (C=O) groups is 2. The third kappa shape index (κ3) is 5.80. The summed E-state index contributed by atoms with van der Waals surface area (Å²) in [5, 5.41) is 5.42. The Morgan fingerprint density at radius 3 is 2.46 bits per heavy atom. The largest absolute Gasteiger partial charge is 0.400 e. The normalized spacial score (nSPS) is 17.5. The van der Waals surface area contributed by atoms with Crippen LogP contribution < -0.4 is 15.5 Å². The van der Waals surface area contributed by atoms with Gasteiger partial charge in [0.1, 0.15) is 17.1 Å². The molecule has 1 unspecified atom stereocenters. The number of benzene rings is 1. The molecule has 3 heterocycles. The molecule has 2 aromatic heterocycles. The lowest BCUT2D eigenvalue weighted by molar-refractivity contribution is -0.184. The molecule has 2 amide bonds. The highest BCUT2D eigenvalue weighted by molar-refractivity contribution is 6.34. The summed E-state index contributed by atoms with van der Waals surface area (Å²) in [5.41, 5.74) is -1.57. The molecule has 2 N–H and O–H groups in total. The van der Waals surface area contributed by atoms with Gasteiger partial charge in [-0.15, -0.1) is 0 Å². The molecular weight excluding hydrogens is 530 g/mol. The van der Waals surface area contributed by atoms with Crippen LogP contribution in [0.1, 0.15) is 35.0 Å². The number of anilines is 2. The van der Waals surface area contributed by atoms with Gasteiger partial charge in [-0.05, 0) is 54.4 Å². The van der Waals surface area contributed by atoms with E-state index in [1.807, 2.05) is 0 Å². The molecule has 1 atom stereocenters.